The molecule has 0 radical (unpaired) electrons. The third-order valence-electron chi connectivity index (χ3n) is 10.2. The molecule has 8 rings (SSSR count). The highest BCUT2D eigenvalue weighted by Crippen LogP contribution is 2.38. The molecule has 8 aromatic carbocycles. The van der Waals surface area contributed by atoms with Gasteiger partial charge in [0.25, 0.3) is 0 Å². The molecule has 54 heavy (non-hydrogen) atoms. The fourth-order valence-electron chi connectivity index (χ4n) is 6.99. The fourth-order valence-corrected chi connectivity index (χ4v) is 6.99. The number of hydrogen-bond donors (Lipinski definition) is 0. The summed E-state index contributed by atoms with van der Waals surface area (Å²) < 4.78 is 0. The first-order valence-electron chi connectivity index (χ1n) is 18.7. The molecule has 0 heterocycles. The van der Waals surface area contributed by atoms with Crippen LogP contribution in [0.3, 0.4) is 0 Å². The highest BCUT2D eigenvalue weighted by molar-refractivity contribution is 5.81. The topological polar surface area (TPSA) is 6.48 Å². The molecule has 2 nitrogen and oxygen atoms in total. The monoisotopic (exact) mass is 696 g/mol. The van der Waals surface area contributed by atoms with Crippen molar-refractivity contribution in [3.8, 4) is 33.4 Å². The highest BCUT2D eigenvalue weighted by Gasteiger charge is 2.14. The van der Waals surface area contributed by atoms with Gasteiger partial charge >= 0.3 is 0 Å². The molecular weight excluding hydrogens is 653 g/mol. The summed E-state index contributed by atoms with van der Waals surface area (Å²) >= 11 is 0. The first-order valence-corrected chi connectivity index (χ1v) is 18.7. The summed E-state index contributed by atoms with van der Waals surface area (Å²) in [5, 5.41) is 0. The van der Waals surface area contributed by atoms with Gasteiger partial charge in [0, 0.05) is 34.1 Å². The Kier molecular flexibility index (Phi) is 9.66. The van der Waals surface area contributed by atoms with Gasteiger partial charge in [-0.3, -0.25) is 0 Å². The molecule has 0 bridgehead atoms. The Bertz CT molecular complexity index is 2170. The second-order valence-electron chi connectivity index (χ2n) is 14.3. The van der Waals surface area contributed by atoms with Crippen LogP contribution in [0.15, 0.2) is 194 Å². The second-order valence-corrected chi connectivity index (χ2v) is 14.3. The number of anilines is 6. The van der Waals surface area contributed by atoms with Crippen molar-refractivity contribution in [2.45, 2.75) is 27.7 Å². The minimum Gasteiger partial charge on any atom is -0.311 e. The van der Waals surface area contributed by atoms with Crippen LogP contribution in [0.4, 0.5) is 34.1 Å². The van der Waals surface area contributed by atoms with E-state index in [4.69, 9.17) is 0 Å². The maximum absolute atomic E-state index is 2.31. The van der Waals surface area contributed by atoms with Gasteiger partial charge in [-0.25, -0.2) is 0 Å². The molecule has 8 aromatic rings. The Hall–Kier alpha value is -6.64. The molecular formula is C52H44N2. The lowest BCUT2D eigenvalue weighted by atomic mass is 9.98. The van der Waals surface area contributed by atoms with E-state index in [0.717, 1.165) is 34.1 Å². The normalized spacial score (nSPS) is 11.0. The lowest BCUT2D eigenvalue weighted by Gasteiger charge is -2.26. The van der Waals surface area contributed by atoms with E-state index in [1.807, 2.05) is 0 Å². The summed E-state index contributed by atoms with van der Waals surface area (Å²) in [6, 6.07) is 70.5. The molecule has 0 atom stereocenters. The Labute approximate surface area is 320 Å². The standard InChI is InChI=1S/C52H44N2/c1-37-5-25-47(26-6-37)53(48-27-7-38(2)8-28-48)51-33-21-45(22-34-51)43-17-13-41(14-18-43)42-15-19-44(20-16-42)46-23-35-52(36-24-46)54(49-29-9-39(3)10-30-49)50-31-11-40(4)12-32-50/h5-36H,1-4H3. The maximum atomic E-state index is 2.31. The van der Waals surface area contributed by atoms with Crippen LogP contribution in [0.2, 0.25) is 0 Å². The zero-order chi connectivity index (χ0) is 37.0. The zero-order valence-electron chi connectivity index (χ0n) is 31.4. The van der Waals surface area contributed by atoms with Gasteiger partial charge in [0.05, 0.1) is 0 Å². The first-order chi connectivity index (χ1) is 26.4. The van der Waals surface area contributed by atoms with Crippen LogP contribution in [0.1, 0.15) is 22.3 Å². The van der Waals surface area contributed by atoms with Crippen molar-refractivity contribution in [1.29, 1.82) is 0 Å². The van der Waals surface area contributed by atoms with Crippen molar-refractivity contribution >= 4 is 34.1 Å². The lowest BCUT2D eigenvalue weighted by Crippen LogP contribution is -2.09. The molecule has 0 unspecified atom stereocenters. The molecule has 262 valence electrons. The maximum Gasteiger partial charge on any atom is 0.0462 e. The highest BCUT2D eigenvalue weighted by atomic mass is 15.1. The van der Waals surface area contributed by atoms with Gasteiger partial charge in [0.15, 0.2) is 0 Å². The van der Waals surface area contributed by atoms with E-state index >= 15 is 0 Å². The van der Waals surface area contributed by atoms with E-state index in [2.05, 4.69) is 232 Å². The van der Waals surface area contributed by atoms with Gasteiger partial charge < -0.3 is 9.80 Å². The van der Waals surface area contributed by atoms with Crippen LogP contribution in [0.25, 0.3) is 33.4 Å². The van der Waals surface area contributed by atoms with Crippen molar-refractivity contribution in [2.24, 2.45) is 0 Å². The molecule has 0 aliphatic heterocycles. The summed E-state index contributed by atoms with van der Waals surface area (Å²) in [5.74, 6) is 0. The van der Waals surface area contributed by atoms with E-state index in [1.165, 1.54) is 55.6 Å². The van der Waals surface area contributed by atoms with Crippen LogP contribution in [-0.4, -0.2) is 0 Å². The number of nitrogens with zero attached hydrogens (tertiary/aromatic N) is 2. The molecule has 0 fully saturated rings. The predicted molar refractivity (Wildman–Crippen MR) is 231 cm³/mol. The van der Waals surface area contributed by atoms with Crippen molar-refractivity contribution in [1.82, 2.24) is 0 Å². The van der Waals surface area contributed by atoms with E-state index in [-0.39, 0.29) is 0 Å². The van der Waals surface area contributed by atoms with Crippen LogP contribution < -0.4 is 9.80 Å². The Morgan fingerprint density at radius 1 is 0.185 bits per heavy atom. The van der Waals surface area contributed by atoms with Crippen LogP contribution in [0.5, 0.6) is 0 Å². The minimum atomic E-state index is 1.13. The lowest BCUT2D eigenvalue weighted by molar-refractivity contribution is 1.27. The first kappa shape index (κ1) is 34.4. The second kappa shape index (κ2) is 15.1. The van der Waals surface area contributed by atoms with E-state index in [9.17, 15) is 0 Å². The van der Waals surface area contributed by atoms with Crippen molar-refractivity contribution < 1.29 is 0 Å². The summed E-state index contributed by atoms with van der Waals surface area (Å²) in [6.45, 7) is 8.51. The number of benzene rings is 8. The summed E-state index contributed by atoms with van der Waals surface area (Å²) in [6.07, 6.45) is 0. The van der Waals surface area contributed by atoms with Gasteiger partial charge in [-0.1, -0.05) is 144 Å². The average molecular weight is 697 g/mol. The molecule has 0 saturated heterocycles. The van der Waals surface area contributed by atoms with E-state index < -0.39 is 0 Å². The van der Waals surface area contributed by atoms with Gasteiger partial charge in [-0.2, -0.15) is 0 Å². The third kappa shape index (κ3) is 7.46. The molecule has 0 aliphatic carbocycles. The number of aryl methyl sites for hydroxylation is 4. The molecule has 0 amide bonds. The van der Waals surface area contributed by atoms with E-state index in [1.54, 1.807) is 0 Å². The summed E-state index contributed by atoms with van der Waals surface area (Å²) in [5.41, 5.74) is 19.0. The van der Waals surface area contributed by atoms with Crippen LogP contribution >= 0.6 is 0 Å². The fraction of sp³-hybridized carbons (Fsp3) is 0.0769. The molecule has 0 aromatic heterocycles. The van der Waals surface area contributed by atoms with Gasteiger partial charge in [-0.05, 0) is 134 Å². The molecule has 0 aliphatic rings. The molecule has 0 N–H and O–H groups in total. The van der Waals surface area contributed by atoms with Gasteiger partial charge in [-0.15, -0.1) is 0 Å². The number of rotatable bonds is 9. The predicted octanol–water partition coefficient (Wildman–Crippen LogP) is 14.9. The third-order valence-corrected chi connectivity index (χ3v) is 10.2. The SMILES string of the molecule is Cc1ccc(N(c2ccc(C)cc2)c2ccc(-c3ccc(-c4ccc(-c5ccc(N(c6ccc(C)cc6)c6ccc(C)cc6)cc5)cc4)cc3)cc2)cc1. The average Bonchev–Trinajstić information content (AvgIpc) is 3.22. The zero-order valence-corrected chi connectivity index (χ0v) is 31.4. The Morgan fingerprint density at radius 2 is 0.315 bits per heavy atom. The van der Waals surface area contributed by atoms with E-state index in [0.29, 0.717) is 0 Å². The molecule has 0 spiro atoms. The Balaban J connectivity index is 0.988. The van der Waals surface area contributed by atoms with Gasteiger partial charge in [0.2, 0.25) is 0 Å². The quantitative estimate of drug-likeness (QED) is 0.148. The van der Waals surface area contributed by atoms with Gasteiger partial charge in [0.1, 0.15) is 0 Å². The largest absolute Gasteiger partial charge is 0.311 e. The van der Waals surface area contributed by atoms with Crippen molar-refractivity contribution in [2.75, 3.05) is 9.80 Å². The smallest absolute Gasteiger partial charge is 0.0462 e. The van der Waals surface area contributed by atoms with Crippen molar-refractivity contribution in [3.05, 3.63) is 216 Å². The number of hydrogen-bond acceptors (Lipinski definition) is 2. The Morgan fingerprint density at radius 3 is 0.481 bits per heavy atom. The van der Waals surface area contributed by atoms with Crippen molar-refractivity contribution in [3.63, 3.8) is 0 Å². The molecule has 2 heteroatoms. The van der Waals surface area contributed by atoms with Crippen LogP contribution in [0, 0.1) is 27.7 Å². The summed E-state index contributed by atoms with van der Waals surface area (Å²) in [7, 11) is 0. The van der Waals surface area contributed by atoms with Crippen LogP contribution in [-0.2, 0) is 0 Å². The molecule has 0 saturated carbocycles. The minimum absolute atomic E-state index is 1.13. The summed E-state index contributed by atoms with van der Waals surface area (Å²) in [4.78, 5) is 4.63.